The van der Waals surface area contributed by atoms with Crippen LogP contribution in [0.2, 0.25) is 0 Å². The van der Waals surface area contributed by atoms with Gasteiger partial charge in [0, 0.05) is 19.0 Å². The topological polar surface area (TPSA) is 20.3 Å². The smallest absolute Gasteiger partial charge is 0.223 e. The molecule has 2 heteroatoms. The monoisotopic (exact) mass is 139 g/mol. The molecule has 0 radical (unpaired) electrons. The van der Waals surface area contributed by atoms with E-state index in [0.29, 0.717) is 17.9 Å². The fourth-order valence-corrected chi connectivity index (χ4v) is 2.22. The van der Waals surface area contributed by atoms with Gasteiger partial charge in [0.05, 0.1) is 0 Å². The van der Waals surface area contributed by atoms with Crippen molar-refractivity contribution in [3.8, 4) is 0 Å². The molecule has 0 aromatic carbocycles. The first-order chi connectivity index (χ1) is 4.79. The number of fused-ring (bicyclic) bond motifs is 1. The Bertz CT molecular complexity index is 167. The van der Waals surface area contributed by atoms with Gasteiger partial charge in [0.1, 0.15) is 0 Å². The normalized spacial score (nSPS) is 38.9. The third kappa shape index (κ3) is 0.678. The number of hydrogen-bond acceptors (Lipinski definition) is 1. The summed E-state index contributed by atoms with van der Waals surface area (Å²) in [4.78, 5) is 13.3. The Labute approximate surface area is 61.2 Å². The molecule has 2 aliphatic rings. The number of carbonyl (C=O) groups excluding carboxylic acids is 1. The summed E-state index contributed by atoms with van der Waals surface area (Å²) < 4.78 is 0. The average Bonchev–Trinajstić information content (AvgIpc) is 2.39. The zero-order chi connectivity index (χ0) is 7.14. The molecule has 2 heterocycles. The van der Waals surface area contributed by atoms with Crippen molar-refractivity contribution in [2.45, 2.75) is 32.2 Å². The van der Waals surface area contributed by atoms with Crippen molar-refractivity contribution in [2.24, 2.45) is 5.92 Å². The van der Waals surface area contributed by atoms with Gasteiger partial charge in [-0.15, -0.1) is 0 Å². The lowest BCUT2D eigenvalue weighted by Crippen LogP contribution is -2.28. The molecule has 2 atom stereocenters. The van der Waals surface area contributed by atoms with Crippen LogP contribution in [0.1, 0.15) is 26.2 Å². The van der Waals surface area contributed by atoms with E-state index in [1.54, 1.807) is 0 Å². The highest BCUT2D eigenvalue weighted by Crippen LogP contribution is 2.32. The van der Waals surface area contributed by atoms with Gasteiger partial charge in [-0.3, -0.25) is 4.79 Å². The second-order valence-corrected chi connectivity index (χ2v) is 3.48. The minimum atomic E-state index is 0.384. The molecule has 1 amide bonds. The fourth-order valence-electron chi connectivity index (χ4n) is 2.22. The van der Waals surface area contributed by atoms with Crippen molar-refractivity contribution in [3.63, 3.8) is 0 Å². The van der Waals surface area contributed by atoms with E-state index >= 15 is 0 Å². The summed E-state index contributed by atoms with van der Waals surface area (Å²) in [7, 11) is 0. The summed E-state index contributed by atoms with van der Waals surface area (Å²) in [6.07, 6.45) is 3.26. The van der Waals surface area contributed by atoms with E-state index < -0.39 is 0 Å². The van der Waals surface area contributed by atoms with Crippen LogP contribution in [-0.4, -0.2) is 23.4 Å². The summed E-state index contributed by atoms with van der Waals surface area (Å²) in [6.45, 7) is 3.21. The highest BCUT2D eigenvalue weighted by molar-refractivity contribution is 5.79. The lowest BCUT2D eigenvalue weighted by atomic mass is 10.0. The molecule has 2 nitrogen and oxygen atoms in total. The molecule has 0 bridgehead atoms. The molecular formula is C8H13NO. The van der Waals surface area contributed by atoms with Crippen molar-refractivity contribution in [1.29, 1.82) is 0 Å². The number of nitrogens with zero attached hydrogens (tertiary/aromatic N) is 1. The van der Waals surface area contributed by atoms with Gasteiger partial charge in [-0.1, -0.05) is 6.92 Å². The number of carbonyl (C=O) groups is 1. The second-order valence-electron chi connectivity index (χ2n) is 3.48. The maximum absolute atomic E-state index is 11.2. The quantitative estimate of drug-likeness (QED) is 0.490. The lowest BCUT2D eigenvalue weighted by Gasteiger charge is -2.16. The largest absolute Gasteiger partial charge is 0.339 e. The van der Waals surface area contributed by atoms with E-state index in [1.807, 2.05) is 0 Å². The van der Waals surface area contributed by atoms with E-state index in [2.05, 4.69) is 11.8 Å². The maximum atomic E-state index is 11.2. The molecule has 0 N–H and O–H groups in total. The Morgan fingerprint density at radius 2 is 2.40 bits per heavy atom. The van der Waals surface area contributed by atoms with Gasteiger partial charge in [-0.2, -0.15) is 0 Å². The molecule has 2 saturated heterocycles. The number of hydrogen-bond donors (Lipinski definition) is 0. The molecule has 0 aromatic rings. The van der Waals surface area contributed by atoms with E-state index in [-0.39, 0.29) is 0 Å². The maximum Gasteiger partial charge on any atom is 0.223 e. The third-order valence-electron chi connectivity index (χ3n) is 2.77. The molecule has 0 spiro atoms. The van der Waals surface area contributed by atoms with Crippen LogP contribution in [0, 0.1) is 5.92 Å². The van der Waals surface area contributed by atoms with Crippen LogP contribution in [0.5, 0.6) is 0 Å². The Morgan fingerprint density at radius 1 is 1.60 bits per heavy atom. The van der Waals surface area contributed by atoms with Gasteiger partial charge < -0.3 is 4.90 Å². The average molecular weight is 139 g/mol. The number of amides is 1. The first-order valence-electron chi connectivity index (χ1n) is 4.08. The fraction of sp³-hybridized carbons (Fsp3) is 0.875. The summed E-state index contributed by atoms with van der Waals surface area (Å²) in [5.74, 6) is 1.00. The van der Waals surface area contributed by atoms with Gasteiger partial charge in [0.15, 0.2) is 0 Å². The van der Waals surface area contributed by atoms with Crippen LogP contribution in [0.25, 0.3) is 0 Å². The molecule has 2 rings (SSSR count). The molecule has 0 saturated carbocycles. The van der Waals surface area contributed by atoms with Crippen molar-refractivity contribution in [3.05, 3.63) is 0 Å². The van der Waals surface area contributed by atoms with Gasteiger partial charge in [-0.05, 0) is 18.8 Å². The third-order valence-corrected chi connectivity index (χ3v) is 2.77. The van der Waals surface area contributed by atoms with Gasteiger partial charge in [0.25, 0.3) is 0 Å². The van der Waals surface area contributed by atoms with Gasteiger partial charge in [0.2, 0.25) is 5.91 Å². The van der Waals surface area contributed by atoms with Crippen LogP contribution in [0.15, 0.2) is 0 Å². The molecule has 0 aromatic heterocycles. The van der Waals surface area contributed by atoms with E-state index in [1.165, 1.54) is 12.8 Å². The SMILES string of the molecule is C[C@@H]1CC(=O)N2CCC[C@H]12. The molecule has 10 heavy (non-hydrogen) atoms. The first kappa shape index (κ1) is 6.20. The Morgan fingerprint density at radius 3 is 3.10 bits per heavy atom. The number of rotatable bonds is 0. The predicted molar refractivity (Wildman–Crippen MR) is 38.5 cm³/mol. The molecule has 2 fully saturated rings. The summed E-state index contributed by atoms with van der Waals surface area (Å²) in [6, 6.07) is 0.604. The van der Waals surface area contributed by atoms with E-state index in [9.17, 15) is 4.79 Å². The minimum Gasteiger partial charge on any atom is -0.339 e. The first-order valence-corrected chi connectivity index (χ1v) is 4.08. The van der Waals surface area contributed by atoms with Crippen molar-refractivity contribution in [1.82, 2.24) is 4.90 Å². The van der Waals surface area contributed by atoms with Crippen molar-refractivity contribution < 1.29 is 4.79 Å². The van der Waals surface area contributed by atoms with E-state index in [4.69, 9.17) is 0 Å². The molecule has 0 aliphatic carbocycles. The summed E-state index contributed by atoms with van der Waals surface area (Å²) >= 11 is 0. The standard InChI is InChI=1S/C8H13NO/c1-6-5-8(10)9-4-2-3-7(6)9/h6-7H,2-5H2,1H3/t6-,7-/m1/s1. The Hall–Kier alpha value is -0.530. The molecular weight excluding hydrogens is 126 g/mol. The Kier molecular flexibility index (Phi) is 1.22. The Balaban J connectivity index is 2.19. The van der Waals surface area contributed by atoms with Crippen molar-refractivity contribution in [2.75, 3.05) is 6.54 Å². The molecule has 0 unspecified atom stereocenters. The lowest BCUT2D eigenvalue weighted by molar-refractivity contribution is -0.127. The van der Waals surface area contributed by atoms with Crippen LogP contribution in [-0.2, 0) is 4.79 Å². The van der Waals surface area contributed by atoms with Crippen LogP contribution >= 0.6 is 0 Å². The van der Waals surface area contributed by atoms with Crippen LogP contribution in [0.4, 0.5) is 0 Å². The van der Waals surface area contributed by atoms with Crippen molar-refractivity contribution >= 4 is 5.91 Å². The van der Waals surface area contributed by atoms with Gasteiger partial charge in [-0.25, -0.2) is 0 Å². The highest BCUT2D eigenvalue weighted by Gasteiger charge is 2.39. The summed E-state index contributed by atoms with van der Waals surface area (Å²) in [5, 5.41) is 0. The summed E-state index contributed by atoms with van der Waals surface area (Å²) in [5.41, 5.74) is 0. The highest BCUT2D eigenvalue weighted by atomic mass is 16.2. The molecule has 2 aliphatic heterocycles. The zero-order valence-electron chi connectivity index (χ0n) is 6.34. The molecule has 56 valence electrons. The van der Waals surface area contributed by atoms with Crippen LogP contribution < -0.4 is 0 Å². The predicted octanol–water partition coefficient (Wildman–Crippen LogP) is 1.02. The minimum absolute atomic E-state index is 0.384. The zero-order valence-corrected chi connectivity index (χ0v) is 6.34. The van der Waals surface area contributed by atoms with Crippen LogP contribution in [0.3, 0.4) is 0 Å². The van der Waals surface area contributed by atoms with Gasteiger partial charge >= 0.3 is 0 Å². The second kappa shape index (κ2) is 1.97. The van der Waals surface area contributed by atoms with E-state index in [0.717, 1.165) is 13.0 Å².